The maximum Gasteiger partial charge on any atom is 0.233 e. The van der Waals surface area contributed by atoms with E-state index in [2.05, 4.69) is 4.98 Å². The van der Waals surface area contributed by atoms with Crippen molar-refractivity contribution in [1.82, 2.24) is 4.98 Å². The average Bonchev–Trinajstić information content (AvgIpc) is 2.77. The molecular weight excluding hydrogens is 266 g/mol. The van der Waals surface area contributed by atoms with Crippen LogP contribution >= 0.6 is 0 Å². The molecule has 0 aliphatic carbocycles. The first kappa shape index (κ1) is 12.4. The van der Waals surface area contributed by atoms with Crippen LogP contribution in [0.15, 0.2) is 40.8 Å². The van der Waals surface area contributed by atoms with Crippen LogP contribution in [-0.4, -0.2) is 4.98 Å². The summed E-state index contributed by atoms with van der Waals surface area (Å²) in [5.41, 5.74) is 7.39. The highest BCUT2D eigenvalue weighted by Crippen LogP contribution is 2.20. The van der Waals surface area contributed by atoms with Crippen LogP contribution in [0, 0.1) is 11.6 Å². The molecule has 0 saturated heterocycles. The molecule has 102 valence electrons. The van der Waals surface area contributed by atoms with Crippen molar-refractivity contribution in [2.45, 2.75) is 6.61 Å². The molecule has 20 heavy (non-hydrogen) atoms. The molecule has 0 amide bonds. The summed E-state index contributed by atoms with van der Waals surface area (Å²) in [6.45, 7) is -0.0303. The largest absolute Gasteiger partial charge is 0.484 e. The molecule has 0 bridgehead atoms. The molecule has 2 N–H and O–H groups in total. The summed E-state index contributed by atoms with van der Waals surface area (Å²) in [6, 6.07) is 8.01. The first-order valence-electron chi connectivity index (χ1n) is 5.84. The Morgan fingerprint density at radius 2 is 1.85 bits per heavy atom. The number of hydrogen-bond acceptors (Lipinski definition) is 4. The second kappa shape index (κ2) is 4.80. The van der Waals surface area contributed by atoms with E-state index in [9.17, 15) is 8.78 Å². The summed E-state index contributed by atoms with van der Waals surface area (Å²) in [6.07, 6.45) is 0. The highest BCUT2D eigenvalue weighted by Gasteiger charge is 2.08. The molecular formula is C14H10F2N2O2. The minimum absolute atomic E-state index is 0.0303. The van der Waals surface area contributed by atoms with E-state index in [1.54, 1.807) is 18.2 Å². The van der Waals surface area contributed by atoms with E-state index >= 15 is 0 Å². The standard InChI is InChI=1S/C14H10F2N2O2/c15-8-3-9(16)5-11(4-8)19-7-14-18-12-6-10(17)1-2-13(12)20-14/h1-6H,7,17H2. The molecule has 6 heteroatoms. The zero-order valence-electron chi connectivity index (χ0n) is 10.3. The van der Waals surface area contributed by atoms with Gasteiger partial charge in [0, 0.05) is 23.9 Å². The lowest BCUT2D eigenvalue weighted by atomic mass is 10.3. The zero-order valence-corrected chi connectivity index (χ0v) is 10.3. The number of nitrogens with zero attached hydrogens (tertiary/aromatic N) is 1. The van der Waals surface area contributed by atoms with Crippen LogP contribution in [0.25, 0.3) is 11.1 Å². The van der Waals surface area contributed by atoms with E-state index in [1.807, 2.05) is 0 Å². The summed E-state index contributed by atoms with van der Waals surface area (Å²) in [7, 11) is 0. The van der Waals surface area contributed by atoms with Crippen LogP contribution in [-0.2, 0) is 6.61 Å². The Bertz CT molecular complexity index is 751. The number of oxazole rings is 1. The van der Waals surface area contributed by atoms with Gasteiger partial charge in [-0.25, -0.2) is 13.8 Å². The Labute approximate surface area is 112 Å². The van der Waals surface area contributed by atoms with Crippen LogP contribution in [0.1, 0.15) is 5.89 Å². The molecule has 0 unspecified atom stereocenters. The lowest BCUT2D eigenvalue weighted by molar-refractivity contribution is 0.265. The van der Waals surface area contributed by atoms with Crippen molar-refractivity contribution in [3.8, 4) is 5.75 Å². The molecule has 1 aromatic heterocycles. The van der Waals surface area contributed by atoms with Crippen LogP contribution in [0.5, 0.6) is 5.75 Å². The van der Waals surface area contributed by atoms with E-state index in [4.69, 9.17) is 14.9 Å². The van der Waals surface area contributed by atoms with E-state index in [0.717, 1.165) is 18.2 Å². The lowest BCUT2D eigenvalue weighted by Gasteiger charge is -2.03. The number of anilines is 1. The summed E-state index contributed by atoms with van der Waals surface area (Å²) in [5, 5.41) is 0. The van der Waals surface area contributed by atoms with Gasteiger partial charge in [0.1, 0.15) is 22.9 Å². The second-order valence-corrected chi connectivity index (χ2v) is 4.23. The van der Waals surface area contributed by atoms with Gasteiger partial charge in [0.25, 0.3) is 0 Å². The van der Waals surface area contributed by atoms with E-state index in [-0.39, 0.29) is 12.4 Å². The Hall–Kier alpha value is -2.63. The third-order valence-corrected chi connectivity index (χ3v) is 2.65. The minimum atomic E-state index is -0.703. The molecule has 0 aliphatic heterocycles. The van der Waals surface area contributed by atoms with Gasteiger partial charge >= 0.3 is 0 Å². The number of nitrogens with two attached hydrogens (primary N) is 1. The monoisotopic (exact) mass is 276 g/mol. The molecule has 0 saturated carbocycles. The number of halogens is 2. The van der Waals surface area contributed by atoms with Crippen molar-refractivity contribution in [2.24, 2.45) is 0 Å². The predicted octanol–water partition coefficient (Wildman–Crippen LogP) is 3.27. The van der Waals surface area contributed by atoms with Crippen molar-refractivity contribution in [1.29, 1.82) is 0 Å². The molecule has 0 spiro atoms. The van der Waals surface area contributed by atoms with E-state index in [1.165, 1.54) is 0 Å². The third-order valence-electron chi connectivity index (χ3n) is 2.65. The first-order valence-corrected chi connectivity index (χ1v) is 5.84. The number of aromatic nitrogens is 1. The molecule has 0 radical (unpaired) electrons. The smallest absolute Gasteiger partial charge is 0.233 e. The number of benzene rings is 2. The summed E-state index contributed by atoms with van der Waals surface area (Å²) in [4.78, 5) is 4.17. The van der Waals surface area contributed by atoms with E-state index < -0.39 is 11.6 Å². The maximum atomic E-state index is 13.0. The Kier molecular flexibility index (Phi) is 2.98. The Morgan fingerprint density at radius 1 is 1.10 bits per heavy atom. The van der Waals surface area contributed by atoms with Crippen molar-refractivity contribution in [3.05, 3.63) is 53.9 Å². The van der Waals surface area contributed by atoms with Crippen molar-refractivity contribution >= 4 is 16.8 Å². The van der Waals surface area contributed by atoms with Crippen molar-refractivity contribution in [3.63, 3.8) is 0 Å². The highest BCUT2D eigenvalue weighted by molar-refractivity contribution is 5.76. The van der Waals surface area contributed by atoms with Gasteiger partial charge in [-0.1, -0.05) is 0 Å². The molecule has 4 nitrogen and oxygen atoms in total. The normalized spacial score (nSPS) is 10.9. The van der Waals surface area contributed by atoms with Gasteiger partial charge < -0.3 is 14.9 Å². The maximum absolute atomic E-state index is 13.0. The van der Waals surface area contributed by atoms with Gasteiger partial charge in [-0.05, 0) is 18.2 Å². The topological polar surface area (TPSA) is 61.3 Å². The van der Waals surface area contributed by atoms with Gasteiger partial charge in [0.15, 0.2) is 12.2 Å². The summed E-state index contributed by atoms with van der Waals surface area (Å²) >= 11 is 0. The van der Waals surface area contributed by atoms with Crippen molar-refractivity contribution in [2.75, 3.05) is 5.73 Å². The van der Waals surface area contributed by atoms with Crippen LogP contribution < -0.4 is 10.5 Å². The third kappa shape index (κ3) is 2.54. The molecule has 2 aromatic carbocycles. The molecule has 3 aromatic rings. The zero-order chi connectivity index (χ0) is 14.1. The molecule has 0 fully saturated rings. The minimum Gasteiger partial charge on any atom is -0.484 e. The quantitative estimate of drug-likeness (QED) is 0.746. The van der Waals surface area contributed by atoms with Crippen LogP contribution in [0.2, 0.25) is 0 Å². The average molecular weight is 276 g/mol. The van der Waals surface area contributed by atoms with Gasteiger partial charge in [-0.2, -0.15) is 0 Å². The van der Waals surface area contributed by atoms with Gasteiger partial charge in [0.2, 0.25) is 5.89 Å². The molecule has 0 aliphatic rings. The lowest BCUT2D eigenvalue weighted by Crippen LogP contribution is -1.96. The van der Waals surface area contributed by atoms with Gasteiger partial charge in [-0.3, -0.25) is 0 Å². The van der Waals surface area contributed by atoms with Gasteiger partial charge in [-0.15, -0.1) is 0 Å². The number of nitrogen functional groups attached to an aromatic ring is 1. The SMILES string of the molecule is Nc1ccc2oc(COc3cc(F)cc(F)c3)nc2c1. The first-order chi connectivity index (χ1) is 9.60. The van der Waals surface area contributed by atoms with Crippen LogP contribution in [0.4, 0.5) is 14.5 Å². The molecule has 0 atom stereocenters. The number of fused-ring (bicyclic) bond motifs is 1. The van der Waals surface area contributed by atoms with Crippen molar-refractivity contribution < 1.29 is 17.9 Å². The summed E-state index contributed by atoms with van der Waals surface area (Å²) < 4.78 is 36.7. The number of rotatable bonds is 3. The number of ether oxygens (including phenoxy) is 1. The number of hydrogen-bond donors (Lipinski definition) is 1. The fourth-order valence-electron chi connectivity index (χ4n) is 1.81. The van der Waals surface area contributed by atoms with E-state index in [0.29, 0.717) is 22.7 Å². The fourth-order valence-corrected chi connectivity index (χ4v) is 1.81. The molecule has 3 rings (SSSR count). The highest BCUT2D eigenvalue weighted by atomic mass is 19.1. The summed E-state index contributed by atoms with van der Waals surface area (Å²) in [5.74, 6) is -1.03. The Balaban J connectivity index is 1.79. The predicted molar refractivity (Wildman–Crippen MR) is 69.1 cm³/mol. The van der Waals surface area contributed by atoms with Gasteiger partial charge in [0.05, 0.1) is 0 Å². The second-order valence-electron chi connectivity index (χ2n) is 4.23. The van der Waals surface area contributed by atoms with Crippen LogP contribution in [0.3, 0.4) is 0 Å². The Morgan fingerprint density at radius 3 is 2.60 bits per heavy atom. The fraction of sp³-hybridized carbons (Fsp3) is 0.0714. The molecule has 1 heterocycles.